The van der Waals surface area contributed by atoms with Crippen molar-refractivity contribution in [3.8, 4) is 28.0 Å². The van der Waals surface area contributed by atoms with Crippen LogP contribution in [-0.4, -0.2) is 41.2 Å². The number of nitrogens with zero attached hydrogens (tertiary/aromatic N) is 2. The molecule has 0 aromatic heterocycles. The van der Waals surface area contributed by atoms with Crippen molar-refractivity contribution < 1.29 is 38.6 Å². The second kappa shape index (κ2) is 20.9. The summed E-state index contributed by atoms with van der Waals surface area (Å²) in [4.78, 5) is 87.0. The lowest BCUT2D eigenvalue weighted by atomic mass is 9.62. The van der Waals surface area contributed by atoms with E-state index in [-0.39, 0.29) is 52.9 Å². The van der Waals surface area contributed by atoms with Gasteiger partial charge in [0, 0.05) is 44.9 Å². The van der Waals surface area contributed by atoms with Crippen LogP contribution < -0.4 is 14.5 Å². The first-order valence-corrected chi connectivity index (χ1v) is 36.1. The SMILES string of the molecule is CC(C)c1cc(OC=O)cc(C(C)C)c1N1C(=O)c2ccc3c4c(ccc(c24)C1=O)C1=CC=C2c4cc5cc6c(cc5cc4C4=CC=C3C1C42)C=Cc1cc2cc3c(cc2cc1C=C6)-c1ccc2c4ccc5c6c(ccc(c7ccc-3c1c72)c64)C(=O)N(c1c(C(C)C)cc(C(=O)O)cc1C(C)C)C5=O. The molecular weight excluding hydrogens is 1290 g/mol. The monoisotopic (exact) mass is 1350 g/mol. The Morgan fingerprint density at radius 2 is 0.644 bits per heavy atom. The zero-order valence-electron chi connectivity index (χ0n) is 58.2. The van der Waals surface area contributed by atoms with Gasteiger partial charge in [-0.3, -0.25) is 24.0 Å². The molecule has 10 nitrogen and oxygen atoms in total. The highest BCUT2D eigenvalue weighted by Gasteiger charge is 2.49. The summed E-state index contributed by atoms with van der Waals surface area (Å²) in [6.45, 7) is 16.3. The molecule has 10 heteroatoms. The molecule has 0 unspecified atom stereocenters. The van der Waals surface area contributed by atoms with Gasteiger partial charge in [-0.1, -0.05) is 153 Å². The predicted molar refractivity (Wildman–Crippen MR) is 419 cm³/mol. The van der Waals surface area contributed by atoms with Crippen molar-refractivity contribution in [3.63, 3.8) is 0 Å². The smallest absolute Gasteiger partial charge is 0.335 e. The highest BCUT2D eigenvalue weighted by Crippen LogP contribution is 2.64. The molecule has 104 heavy (non-hydrogen) atoms. The Morgan fingerprint density at radius 3 is 0.990 bits per heavy atom. The number of hydrogen-bond acceptors (Lipinski definition) is 7. The Morgan fingerprint density at radius 1 is 0.356 bits per heavy atom. The molecule has 0 spiro atoms. The molecule has 0 fully saturated rings. The van der Waals surface area contributed by atoms with Gasteiger partial charge in [0.15, 0.2) is 0 Å². The summed E-state index contributed by atoms with van der Waals surface area (Å²) in [7, 11) is 0. The fraction of sp³-hybridized carbons (Fsp3) is 0.149. The van der Waals surface area contributed by atoms with E-state index in [0.717, 1.165) is 93.0 Å². The van der Waals surface area contributed by atoms with E-state index >= 15 is 19.2 Å². The third kappa shape index (κ3) is 7.78. The Balaban J connectivity index is 0.615. The molecule has 0 saturated heterocycles. The quantitative estimate of drug-likeness (QED) is 0.0652. The second-order valence-electron chi connectivity index (χ2n) is 30.8. The number of rotatable bonds is 9. The van der Waals surface area contributed by atoms with Crippen molar-refractivity contribution in [2.24, 2.45) is 11.8 Å². The number of carboxylic acid groups (broad SMARTS) is 1. The fourth-order valence-corrected chi connectivity index (χ4v) is 19.4. The number of aromatic carboxylic acids is 1. The Hall–Kier alpha value is -12.4. The van der Waals surface area contributed by atoms with Crippen LogP contribution >= 0.6 is 0 Å². The van der Waals surface area contributed by atoms with Crippen LogP contribution in [-0.2, 0) is 4.79 Å². The summed E-state index contributed by atoms with van der Waals surface area (Å²) in [5.41, 5.74) is 24.7. The zero-order valence-corrected chi connectivity index (χ0v) is 58.2. The maximum atomic E-state index is 15.1. The number of imide groups is 2. The van der Waals surface area contributed by atoms with Crippen LogP contribution in [0.25, 0.3) is 144 Å². The number of amides is 4. The van der Waals surface area contributed by atoms with Crippen LogP contribution in [0.4, 0.5) is 11.4 Å². The minimum atomic E-state index is -1.06. The van der Waals surface area contributed by atoms with E-state index in [1.807, 2.05) is 79.7 Å². The summed E-state index contributed by atoms with van der Waals surface area (Å²) in [6.07, 6.45) is 18.2. The van der Waals surface area contributed by atoms with E-state index in [1.54, 1.807) is 24.3 Å². The van der Waals surface area contributed by atoms with Crippen molar-refractivity contribution in [1.29, 1.82) is 0 Å². The number of ether oxygens (including phenoxy) is 1. The Kier molecular flexibility index (Phi) is 12.1. The number of allylic oxidation sites excluding steroid dienone is 8. The highest BCUT2D eigenvalue weighted by atomic mass is 16.5. The Bertz CT molecular complexity index is 6310. The van der Waals surface area contributed by atoms with Crippen molar-refractivity contribution >= 4 is 169 Å². The van der Waals surface area contributed by atoms with Crippen LogP contribution in [0.15, 0.2) is 170 Å². The van der Waals surface area contributed by atoms with Gasteiger partial charge in [-0.2, -0.15) is 0 Å². The number of hydrogen-bond donors (Lipinski definition) is 1. The number of anilines is 2. The molecule has 21 rings (SSSR count). The van der Waals surface area contributed by atoms with Crippen LogP contribution in [0.3, 0.4) is 0 Å². The maximum Gasteiger partial charge on any atom is 0.335 e. The molecule has 0 saturated carbocycles. The Labute approximate surface area is 597 Å². The molecule has 498 valence electrons. The van der Waals surface area contributed by atoms with Gasteiger partial charge >= 0.3 is 5.97 Å². The lowest BCUT2D eigenvalue weighted by molar-refractivity contribution is -0.120. The molecule has 0 radical (unpaired) electrons. The minimum absolute atomic E-state index is 0.0395. The van der Waals surface area contributed by atoms with Crippen molar-refractivity contribution in [3.05, 3.63) is 264 Å². The first kappa shape index (κ1) is 60.4. The van der Waals surface area contributed by atoms with E-state index in [9.17, 15) is 14.7 Å². The molecule has 13 aromatic carbocycles. The molecule has 0 bridgehead atoms. The molecule has 8 aliphatic rings. The standard InChI is InChI=1S/C94H64N2O8/c1-42(2)72-37-54(94(102)103)38-73(43(3)4)88(72)95-90(98)68-25-21-60-56-13-17-64-76-33-50-29-46-9-11-48-31-52-35-78-66-19-15-58-62-23-27-70-87-71(93(101)96(92(70)100)89-74(44(5)6)39-55(104-41-97)40-75(89)45(7)8)28-24-63(83(62)87)59-16-20-67(85(66)81(58)59)79(78)36-53(52)32-49(48)12-10-47(46)30-51(50)34-77(76)65-18-14-57(80(56)84(64)65)61-22-26-69(91(95)99)86(68)82(60)61/h9-45,81,85H,1-8H3,(H,102,103). The summed E-state index contributed by atoms with van der Waals surface area (Å²) >= 11 is 0. The van der Waals surface area contributed by atoms with Crippen molar-refractivity contribution in [1.82, 2.24) is 0 Å². The summed E-state index contributed by atoms with van der Waals surface area (Å²) in [5, 5.41) is 24.4. The largest absolute Gasteiger partial charge is 0.478 e. The third-order valence-electron chi connectivity index (χ3n) is 24.1. The average Bonchev–Trinajstić information content (AvgIpc) is 0.914. The van der Waals surface area contributed by atoms with E-state index in [1.165, 1.54) is 81.6 Å². The van der Waals surface area contributed by atoms with Gasteiger partial charge < -0.3 is 9.84 Å². The number of carbonyl (C=O) groups is 6. The predicted octanol–water partition coefficient (Wildman–Crippen LogP) is 22.3. The van der Waals surface area contributed by atoms with Gasteiger partial charge in [0.05, 0.1) is 16.9 Å². The van der Waals surface area contributed by atoms with Crippen molar-refractivity contribution in [2.75, 3.05) is 9.80 Å². The van der Waals surface area contributed by atoms with E-state index < -0.39 is 17.8 Å². The first-order chi connectivity index (χ1) is 50.3. The first-order valence-electron chi connectivity index (χ1n) is 36.1. The summed E-state index contributed by atoms with van der Waals surface area (Å²) in [5.74, 6) is -2.62. The van der Waals surface area contributed by atoms with Gasteiger partial charge in [-0.15, -0.1) is 0 Å². The van der Waals surface area contributed by atoms with Gasteiger partial charge in [-0.05, 0) is 297 Å². The summed E-state index contributed by atoms with van der Waals surface area (Å²) in [6, 6.07) is 50.5. The average molecular weight is 1350 g/mol. The van der Waals surface area contributed by atoms with Crippen LogP contribution in [0.2, 0.25) is 0 Å². The number of benzene rings is 13. The molecule has 2 aliphatic heterocycles. The van der Waals surface area contributed by atoms with Crippen LogP contribution in [0.1, 0.15) is 198 Å². The maximum absolute atomic E-state index is 15.1. The molecule has 6 aliphatic carbocycles. The fourth-order valence-electron chi connectivity index (χ4n) is 19.4. The number of fused-ring (bicyclic) bond motifs is 14. The topological polar surface area (TPSA) is 138 Å². The van der Waals surface area contributed by atoms with Crippen LogP contribution in [0, 0.1) is 11.8 Å². The normalized spacial score (nSPS) is 16.9. The van der Waals surface area contributed by atoms with E-state index in [0.29, 0.717) is 67.7 Å². The molecule has 4 amide bonds. The highest BCUT2D eigenvalue weighted by molar-refractivity contribution is 6.44. The lowest BCUT2D eigenvalue weighted by Crippen LogP contribution is -2.42. The van der Waals surface area contributed by atoms with Crippen molar-refractivity contribution in [2.45, 2.75) is 79.1 Å². The number of carbonyl (C=O) groups excluding carboxylic acids is 5. The molecular formula is C94H64N2O8. The molecule has 1 N–H and O–H groups in total. The van der Waals surface area contributed by atoms with Gasteiger partial charge in [0.25, 0.3) is 30.1 Å². The lowest BCUT2D eigenvalue weighted by Gasteiger charge is -2.41. The minimum Gasteiger partial charge on any atom is -0.478 e. The van der Waals surface area contributed by atoms with Gasteiger partial charge in [0.1, 0.15) is 5.75 Å². The summed E-state index contributed by atoms with van der Waals surface area (Å²) < 4.78 is 5.36. The second-order valence-corrected chi connectivity index (χ2v) is 30.8. The molecule has 13 aromatic rings. The number of carboxylic acids is 1. The van der Waals surface area contributed by atoms with E-state index in [4.69, 9.17) is 4.74 Å². The van der Waals surface area contributed by atoms with E-state index in [2.05, 4.69) is 146 Å². The third-order valence-corrected chi connectivity index (χ3v) is 24.1. The van der Waals surface area contributed by atoms with Gasteiger partial charge in [0.2, 0.25) is 0 Å². The zero-order chi connectivity index (χ0) is 70.8. The molecule has 2 heterocycles. The van der Waals surface area contributed by atoms with Gasteiger partial charge in [-0.25, -0.2) is 14.6 Å². The molecule has 0 atom stereocenters. The van der Waals surface area contributed by atoms with Crippen LogP contribution in [0.5, 0.6) is 5.75 Å².